The van der Waals surface area contributed by atoms with Crippen molar-refractivity contribution in [2.24, 2.45) is 0 Å². The first-order valence-electron chi connectivity index (χ1n) is 4.21. The highest BCUT2D eigenvalue weighted by Crippen LogP contribution is 2.11. The van der Waals surface area contributed by atoms with Crippen LogP contribution in [0.2, 0.25) is 0 Å². The summed E-state index contributed by atoms with van der Waals surface area (Å²) in [7, 11) is 0. The fourth-order valence-corrected chi connectivity index (χ4v) is 1.12. The quantitative estimate of drug-likeness (QED) is 0.492. The van der Waals surface area contributed by atoms with Gasteiger partial charge in [-0.1, -0.05) is 12.7 Å². The Labute approximate surface area is 79.1 Å². The van der Waals surface area contributed by atoms with Crippen LogP contribution in [0.5, 0.6) is 0 Å². The summed E-state index contributed by atoms with van der Waals surface area (Å²) in [4.78, 5) is 4.21. The first kappa shape index (κ1) is 9.50. The third-order valence-corrected chi connectivity index (χ3v) is 1.85. The van der Waals surface area contributed by atoms with Crippen molar-refractivity contribution >= 4 is 6.08 Å². The molecule has 1 aromatic heterocycles. The van der Waals surface area contributed by atoms with E-state index in [1.807, 2.05) is 25.3 Å². The summed E-state index contributed by atoms with van der Waals surface area (Å²) in [5.41, 5.74) is 6.42. The van der Waals surface area contributed by atoms with E-state index in [1.165, 1.54) is 5.56 Å². The van der Waals surface area contributed by atoms with Gasteiger partial charge < -0.3 is 0 Å². The minimum Gasteiger partial charge on any atom is -0.261 e. The smallest absolute Gasteiger partial charge is 0.0453 e. The molecule has 13 heavy (non-hydrogen) atoms. The molecule has 1 rings (SSSR count). The summed E-state index contributed by atoms with van der Waals surface area (Å²) in [6.07, 6.45) is 7.24. The minimum atomic E-state index is 1.03. The molecule has 0 fully saturated rings. The third-order valence-electron chi connectivity index (χ3n) is 1.85. The Morgan fingerprint density at radius 3 is 2.85 bits per heavy atom. The fraction of sp³-hybridized carbons (Fsp3) is 0.167. The molecule has 1 heterocycles. The number of aromatic nitrogens is 1. The average molecular weight is 171 g/mol. The summed E-state index contributed by atoms with van der Waals surface area (Å²) in [6.45, 7) is 7.64. The Hall–Kier alpha value is -1.59. The first-order chi connectivity index (χ1) is 6.25. The van der Waals surface area contributed by atoms with Crippen LogP contribution in [0.3, 0.4) is 0 Å². The number of nitrogens with zero attached hydrogens (tertiary/aromatic N) is 1. The van der Waals surface area contributed by atoms with E-state index in [0.717, 1.165) is 11.3 Å². The van der Waals surface area contributed by atoms with Gasteiger partial charge in [0, 0.05) is 17.5 Å². The van der Waals surface area contributed by atoms with Crippen molar-refractivity contribution < 1.29 is 0 Å². The summed E-state index contributed by atoms with van der Waals surface area (Å²) < 4.78 is 0. The normalized spacial score (nSPS) is 8.77. The molecule has 1 nitrogen and oxygen atoms in total. The van der Waals surface area contributed by atoms with E-state index in [9.17, 15) is 0 Å². The van der Waals surface area contributed by atoms with Crippen molar-refractivity contribution in [3.63, 3.8) is 0 Å². The van der Waals surface area contributed by atoms with Gasteiger partial charge in [-0.3, -0.25) is 4.98 Å². The lowest BCUT2D eigenvalue weighted by atomic mass is 10.1. The van der Waals surface area contributed by atoms with Crippen LogP contribution in [0, 0.1) is 13.8 Å². The molecule has 0 radical (unpaired) electrons. The van der Waals surface area contributed by atoms with E-state index in [-0.39, 0.29) is 0 Å². The lowest BCUT2D eigenvalue weighted by Crippen LogP contribution is -1.88. The highest BCUT2D eigenvalue weighted by molar-refractivity contribution is 5.55. The zero-order valence-electron chi connectivity index (χ0n) is 8.04. The molecule has 0 bridgehead atoms. The van der Waals surface area contributed by atoms with Gasteiger partial charge >= 0.3 is 0 Å². The van der Waals surface area contributed by atoms with Crippen LogP contribution in [0.4, 0.5) is 0 Å². The minimum absolute atomic E-state index is 1.03. The maximum Gasteiger partial charge on any atom is 0.0453 e. The molecule has 66 valence electrons. The second-order valence-electron chi connectivity index (χ2n) is 2.84. The Bertz CT molecular complexity index is 348. The molecule has 0 saturated carbocycles. The van der Waals surface area contributed by atoms with Gasteiger partial charge in [-0.05, 0) is 37.6 Å². The zero-order valence-corrected chi connectivity index (χ0v) is 8.04. The third kappa shape index (κ3) is 2.43. The second-order valence-corrected chi connectivity index (χ2v) is 2.84. The van der Waals surface area contributed by atoms with Crippen molar-refractivity contribution in [1.29, 1.82) is 0 Å². The highest BCUT2D eigenvalue weighted by Gasteiger charge is 1.97. The maximum atomic E-state index is 4.21. The summed E-state index contributed by atoms with van der Waals surface area (Å²) in [6, 6.07) is 1.99. The second kappa shape index (κ2) is 4.44. The van der Waals surface area contributed by atoms with Crippen molar-refractivity contribution in [3.8, 4) is 0 Å². The van der Waals surface area contributed by atoms with Gasteiger partial charge in [-0.15, -0.1) is 5.73 Å². The molecule has 0 amide bonds. The van der Waals surface area contributed by atoms with E-state index in [4.69, 9.17) is 0 Å². The molecular formula is C12H13N. The molecule has 0 N–H and O–H groups in total. The molecule has 0 aliphatic heterocycles. The molecule has 0 aromatic carbocycles. The van der Waals surface area contributed by atoms with Crippen LogP contribution in [0.15, 0.2) is 36.7 Å². The van der Waals surface area contributed by atoms with Crippen molar-refractivity contribution in [2.75, 3.05) is 0 Å². The number of aryl methyl sites for hydroxylation is 2. The molecule has 1 heteroatoms. The SMILES string of the molecule is C=CC=C=Cc1c(C)ccnc1C. The van der Waals surface area contributed by atoms with Gasteiger partial charge in [0.05, 0.1) is 0 Å². The van der Waals surface area contributed by atoms with E-state index in [1.54, 1.807) is 12.2 Å². The lowest BCUT2D eigenvalue weighted by molar-refractivity contribution is 1.16. The maximum absolute atomic E-state index is 4.21. The van der Waals surface area contributed by atoms with Gasteiger partial charge in [0.25, 0.3) is 0 Å². The fourth-order valence-electron chi connectivity index (χ4n) is 1.12. The molecule has 0 unspecified atom stereocenters. The standard InChI is InChI=1S/C12H13N/c1-4-5-6-7-12-10(2)8-9-13-11(12)3/h4-5,7-9H,1H2,2-3H3. The van der Waals surface area contributed by atoms with E-state index < -0.39 is 0 Å². The van der Waals surface area contributed by atoms with Gasteiger partial charge in [0.15, 0.2) is 0 Å². The van der Waals surface area contributed by atoms with Gasteiger partial charge in [-0.25, -0.2) is 0 Å². The molecule has 1 aromatic rings. The number of pyridine rings is 1. The Morgan fingerprint density at radius 1 is 1.46 bits per heavy atom. The first-order valence-corrected chi connectivity index (χ1v) is 4.21. The molecule has 0 atom stereocenters. The molecule has 0 aliphatic carbocycles. The van der Waals surface area contributed by atoms with Crippen LogP contribution in [-0.2, 0) is 0 Å². The van der Waals surface area contributed by atoms with Crippen LogP contribution >= 0.6 is 0 Å². The highest BCUT2D eigenvalue weighted by atomic mass is 14.7. The summed E-state index contributed by atoms with van der Waals surface area (Å²) in [5, 5.41) is 0. The van der Waals surface area contributed by atoms with Crippen LogP contribution in [0.25, 0.3) is 6.08 Å². The number of rotatable bonds is 2. The monoisotopic (exact) mass is 171 g/mol. The Morgan fingerprint density at radius 2 is 2.23 bits per heavy atom. The van der Waals surface area contributed by atoms with Crippen LogP contribution in [-0.4, -0.2) is 4.98 Å². The van der Waals surface area contributed by atoms with E-state index >= 15 is 0 Å². The Kier molecular flexibility index (Phi) is 3.24. The summed E-state index contributed by atoms with van der Waals surface area (Å²) >= 11 is 0. The number of hydrogen-bond acceptors (Lipinski definition) is 1. The van der Waals surface area contributed by atoms with E-state index in [2.05, 4.69) is 24.2 Å². The Balaban J connectivity index is 3.13. The predicted octanol–water partition coefficient (Wildman–Crippen LogP) is 3.05. The van der Waals surface area contributed by atoms with Crippen LogP contribution < -0.4 is 0 Å². The van der Waals surface area contributed by atoms with Crippen LogP contribution in [0.1, 0.15) is 16.8 Å². The van der Waals surface area contributed by atoms with Crippen molar-refractivity contribution in [1.82, 2.24) is 4.98 Å². The van der Waals surface area contributed by atoms with Crippen molar-refractivity contribution in [3.05, 3.63) is 53.5 Å². The van der Waals surface area contributed by atoms with Gasteiger partial charge in [0.2, 0.25) is 0 Å². The molecule has 0 saturated heterocycles. The predicted molar refractivity (Wildman–Crippen MR) is 56.5 cm³/mol. The van der Waals surface area contributed by atoms with E-state index in [0.29, 0.717) is 0 Å². The molecule has 0 spiro atoms. The topological polar surface area (TPSA) is 12.9 Å². The molecular weight excluding hydrogens is 158 g/mol. The number of allylic oxidation sites excluding steroid dienone is 2. The van der Waals surface area contributed by atoms with Gasteiger partial charge in [-0.2, -0.15) is 0 Å². The van der Waals surface area contributed by atoms with Crippen molar-refractivity contribution in [2.45, 2.75) is 13.8 Å². The number of hydrogen-bond donors (Lipinski definition) is 0. The average Bonchev–Trinajstić information content (AvgIpc) is 2.10. The summed E-state index contributed by atoms with van der Waals surface area (Å²) in [5.74, 6) is 0. The molecule has 0 aliphatic rings. The zero-order chi connectivity index (χ0) is 9.68. The van der Waals surface area contributed by atoms with Gasteiger partial charge in [0.1, 0.15) is 0 Å². The largest absolute Gasteiger partial charge is 0.261 e. The lowest BCUT2D eigenvalue weighted by Gasteiger charge is -2.00.